The Morgan fingerprint density at radius 1 is 1.56 bits per heavy atom. The number of furan rings is 1. The standard InChI is InChI=1S/C12H15NO3/c1-8-2-3-11(16-8)4-5-12(15)13-9-6-10(14)7-9/h2-5,9-10,14H,6-7H2,1H3,(H,13,15). The van der Waals surface area contributed by atoms with Crippen LogP contribution in [0.5, 0.6) is 0 Å². The van der Waals surface area contributed by atoms with Gasteiger partial charge in [-0.1, -0.05) is 0 Å². The highest BCUT2D eigenvalue weighted by atomic mass is 16.3. The number of aryl methyl sites for hydroxylation is 1. The van der Waals surface area contributed by atoms with E-state index < -0.39 is 0 Å². The Bertz CT molecular complexity index is 402. The zero-order valence-corrected chi connectivity index (χ0v) is 9.14. The number of amides is 1. The molecule has 0 spiro atoms. The molecular weight excluding hydrogens is 206 g/mol. The van der Waals surface area contributed by atoms with Crippen LogP contribution in [0.25, 0.3) is 6.08 Å². The molecule has 1 heterocycles. The lowest BCUT2D eigenvalue weighted by atomic mass is 9.89. The average Bonchev–Trinajstić information content (AvgIpc) is 2.59. The highest BCUT2D eigenvalue weighted by Crippen LogP contribution is 2.19. The van der Waals surface area contributed by atoms with E-state index in [4.69, 9.17) is 9.52 Å². The summed E-state index contributed by atoms with van der Waals surface area (Å²) in [4.78, 5) is 11.4. The minimum absolute atomic E-state index is 0.116. The van der Waals surface area contributed by atoms with E-state index in [0.717, 1.165) is 5.76 Å². The molecule has 1 aromatic rings. The van der Waals surface area contributed by atoms with Gasteiger partial charge in [0, 0.05) is 12.1 Å². The molecule has 1 saturated carbocycles. The van der Waals surface area contributed by atoms with E-state index in [1.807, 2.05) is 19.1 Å². The van der Waals surface area contributed by atoms with Crippen molar-refractivity contribution in [1.29, 1.82) is 0 Å². The Labute approximate surface area is 94.0 Å². The van der Waals surface area contributed by atoms with Gasteiger partial charge >= 0.3 is 0 Å². The molecule has 0 unspecified atom stereocenters. The maximum absolute atomic E-state index is 11.4. The van der Waals surface area contributed by atoms with Crippen molar-refractivity contribution < 1.29 is 14.3 Å². The normalized spacial score (nSPS) is 24.4. The molecule has 0 aliphatic heterocycles. The molecule has 2 rings (SSSR count). The van der Waals surface area contributed by atoms with E-state index in [9.17, 15) is 4.79 Å². The molecule has 4 heteroatoms. The van der Waals surface area contributed by atoms with Gasteiger partial charge in [-0.25, -0.2) is 0 Å². The second kappa shape index (κ2) is 4.53. The number of aliphatic hydroxyl groups excluding tert-OH is 1. The summed E-state index contributed by atoms with van der Waals surface area (Å²) < 4.78 is 5.29. The lowest BCUT2D eigenvalue weighted by molar-refractivity contribution is -0.118. The van der Waals surface area contributed by atoms with Gasteiger partial charge in [0.25, 0.3) is 0 Å². The maximum Gasteiger partial charge on any atom is 0.244 e. The molecule has 1 amide bonds. The largest absolute Gasteiger partial charge is 0.462 e. The minimum Gasteiger partial charge on any atom is -0.462 e. The SMILES string of the molecule is Cc1ccc(C=CC(=O)NC2CC(O)C2)o1. The number of aliphatic hydroxyl groups is 1. The summed E-state index contributed by atoms with van der Waals surface area (Å²) in [6.45, 7) is 1.85. The molecule has 0 bridgehead atoms. The molecule has 86 valence electrons. The highest BCUT2D eigenvalue weighted by molar-refractivity contribution is 5.91. The van der Waals surface area contributed by atoms with Crippen LogP contribution < -0.4 is 5.32 Å². The second-order valence-corrected chi connectivity index (χ2v) is 4.11. The molecule has 0 saturated heterocycles. The first-order chi connectivity index (χ1) is 7.63. The molecule has 1 aliphatic carbocycles. The number of carbonyl (C=O) groups is 1. The third-order valence-corrected chi connectivity index (χ3v) is 2.62. The van der Waals surface area contributed by atoms with Crippen LogP contribution in [0.1, 0.15) is 24.4 Å². The fourth-order valence-corrected chi connectivity index (χ4v) is 1.66. The number of nitrogens with one attached hydrogen (secondary N) is 1. The summed E-state index contributed by atoms with van der Waals surface area (Å²) in [6, 6.07) is 3.78. The van der Waals surface area contributed by atoms with Crippen molar-refractivity contribution in [1.82, 2.24) is 5.32 Å². The van der Waals surface area contributed by atoms with Gasteiger partial charge in [0.05, 0.1) is 6.10 Å². The van der Waals surface area contributed by atoms with Crippen LogP contribution in [0.15, 0.2) is 22.6 Å². The summed E-state index contributed by atoms with van der Waals surface area (Å²) in [5.41, 5.74) is 0. The third-order valence-electron chi connectivity index (χ3n) is 2.62. The first kappa shape index (κ1) is 11.0. The van der Waals surface area contributed by atoms with Gasteiger partial charge in [0.1, 0.15) is 11.5 Å². The number of carbonyl (C=O) groups excluding carboxylic acids is 1. The molecule has 0 radical (unpaired) electrons. The van der Waals surface area contributed by atoms with Crippen LogP contribution in [0.3, 0.4) is 0 Å². The number of hydrogen-bond acceptors (Lipinski definition) is 3. The number of hydrogen-bond donors (Lipinski definition) is 2. The lowest BCUT2D eigenvalue weighted by Crippen LogP contribution is -2.46. The van der Waals surface area contributed by atoms with Crippen molar-refractivity contribution >= 4 is 12.0 Å². The lowest BCUT2D eigenvalue weighted by Gasteiger charge is -2.31. The van der Waals surface area contributed by atoms with Crippen molar-refractivity contribution in [2.75, 3.05) is 0 Å². The van der Waals surface area contributed by atoms with Crippen LogP contribution >= 0.6 is 0 Å². The van der Waals surface area contributed by atoms with E-state index in [1.165, 1.54) is 6.08 Å². The van der Waals surface area contributed by atoms with Gasteiger partial charge in [-0.3, -0.25) is 4.79 Å². The van der Waals surface area contributed by atoms with Crippen LogP contribution in [0.2, 0.25) is 0 Å². The van der Waals surface area contributed by atoms with Gasteiger partial charge in [0.15, 0.2) is 0 Å². The van der Waals surface area contributed by atoms with Crippen molar-refractivity contribution in [3.63, 3.8) is 0 Å². The van der Waals surface area contributed by atoms with Crippen molar-refractivity contribution in [2.24, 2.45) is 0 Å². The van der Waals surface area contributed by atoms with E-state index in [1.54, 1.807) is 6.08 Å². The second-order valence-electron chi connectivity index (χ2n) is 4.11. The molecule has 0 aromatic carbocycles. The van der Waals surface area contributed by atoms with Gasteiger partial charge in [-0.2, -0.15) is 0 Å². The van der Waals surface area contributed by atoms with Crippen LogP contribution in [0, 0.1) is 6.92 Å². The molecule has 2 N–H and O–H groups in total. The average molecular weight is 221 g/mol. The Hall–Kier alpha value is -1.55. The fourth-order valence-electron chi connectivity index (χ4n) is 1.66. The molecule has 1 fully saturated rings. The predicted octanol–water partition coefficient (Wildman–Crippen LogP) is 1.24. The topological polar surface area (TPSA) is 62.5 Å². The molecular formula is C12H15NO3. The van der Waals surface area contributed by atoms with Gasteiger partial charge in [0.2, 0.25) is 5.91 Å². The maximum atomic E-state index is 11.4. The molecule has 1 aromatic heterocycles. The summed E-state index contributed by atoms with van der Waals surface area (Å²) in [5.74, 6) is 1.34. The molecule has 4 nitrogen and oxygen atoms in total. The van der Waals surface area contributed by atoms with E-state index in [-0.39, 0.29) is 18.1 Å². The minimum atomic E-state index is -0.248. The molecule has 0 atom stereocenters. The quantitative estimate of drug-likeness (QED) is 0.755. The van der Waals surface area contributed by atoms with Crippen LogP contribution in [-0.2, 0) is 4.79 Å². The Kier molecular flexibility index (Phi) is 3.10. The Morgan fingerprint density at radius 2 is 2.31 bits per heavy atom. The number of rotatable bonds is 3. The fraction of sp³-hybridized carbons (Fsp3) is 0.417. The van der Waals surface area contributed by atoms with Gasteiger partial charge < -0.3 is 14.8 Å². The molecule has 1 aliphatic rings. The van der Waals surface area contributed by atoms with Crippen molar-refractivity contribution in [2.45, 2.75) is 31.9 Å². The molecule has 16 heavy (non-hydrogen) atoms. The van der Waals surface area contributed by atoms with E-state index >= 15 is 0 Å². The van der Waals surface area contributed by atoms with Crippen LogP contribution in [-0.4, -0.2) is 23.2 Å². The summed E-state index contributed by atoms with van der Waals surface area (Å²) in [7, 11) is 0. The zero-order valence-electron chi connectivity index (χ0n) is 9.14. The Morgan fingerprint density at radius 3 is 2.88 bits per heavy atom. The summed E-state index contributed by atoms with van der Waals surface area (Å²) in [6.07, 6.45) is 4.14. The van der Waals surface area contributed by atoms with E-state index in [0.29, 0.717) is 18.6 Å². The van der Waals surface area contributed by atoms with E-state index in [2.05, 4.69) is 5.32 Å². The highest BCUT2D eigenvalue weighted by Gasteiger charge is 2.27. The predicted molar refractivity (Wildman–Crippen MR) is 59.7 cm³/mol. The first-order valence-corrected chi connectivity index (χ1v) is 5.36. The first-order valence-electron chi connectivity index (χ1n) is 5.36. The smallest absolute Gasteiger partial charge is 0.244 e. The summed E-state index contributed by atoms with van der Waals surface area (Å²) in [5, 5.41) is 11.9. The summed E-state index contributed by atoms with van der Waals surface area (Å²) >= 11 is 0. The van der Waals surface area contributed by atoms with Crippen molar-refractivity contribution in [3.05, 3.63) is 29.7 Å². The van der Waals surface area contributed by atoms with Gasteiger partial charge in [-0.05, 0) is 38.0 Å². The third kappa shape index (κ3) is 2.73. The van der Waals surface area contributed by atoms with Gasteiger partial charge in [-0.15, -0.1) is 0 Å². The van der Waals surface area contributed by atoms with Crippen molar-refractivity contribution in [3.8, 4) is 0 Å². The Balaban J connectivity index is 1.80. The monoisotopic (exact) mass is 221 g/mol. The van der Waals surface area contributed by atoms with Crippen LogP contribution in [0.4, 0.5) is 0 Å². The zero-order chi connectivity index (χ0) is 11.5.